The monoisotopic (exact) mass is 1460 g/mol. The van der Waals surface area contributed by atoms with E-state index >= 15 is 0 Å². The SMILES string of the molecule is C1=CC(C2=CC=CC3C2=CC=C2C=C4C(c5cccc6c5ccc5cc7c(-c8ccc(-c9nc%10ccccc%10n9-c9ccccc9)cc8)cccc7cc56)=CCCC4CC23)C2C=CC3Cc4c(cccc4-c4cccc5c4C=CC4Cc6c(cccc6C6=CCC(c7nc8ccccc8n7-c7ccccc7)C=C6)C=C54)C=C3C2=C1. The summed E-state index contributed by atoms with van der Waals surface area (Å²) in [6.45, 7) is 0. The van der Waals surface area contributed by atoms with Crippen LogP contribution in [0.2, 0.25) is 0 Å². The molecule has 0 saturated carbocycles. The molecule has 24 rings (SSSR count). The van der Waals surface area contributed by atoms with E-state index in [0.717, 1.165) is 82.8 Å². The lowest BCUT2D eigenvalue weighted by atomic mass is 9.60. The number of nitrogens with zero attached hydrogens (tertiary/aromatic N) is 4. The van der Waals surface area contributed by atoms with E-state index in [0.29, 0.717) is 29.6 Å². The summed E-state index contributed by atoms with van der Waals surface area (Å²) in [5.41, 5.74) is 36.8. The normalized spacial score (nSPS) is 21.9. The van der Waals surface area contributed by atoms with E-state index in [1.807, 2.05) is 0 Å². The molecule has 0 bridgehead atoms. The second-order valence-corrected chi connectivity index (χ2v) is 33.0. The first kappa shape index (κ1) is 65.4. The molecule has 4 heteroatoms. The molecule has 2 aromatic heterocycles. The minimum atomic E-state index is 0.173. The molecule has 0 radical (unpaired) electrons. The summed E-state index contributed by atoms with van der Waals surface area (Å²) in [4.78, 5) is 10.4. The van der Waals surface area contributed by atoms with Crippen LogP contribution >= 0.6 is 0 Å². The van der Waals surface area contributed by atoms with Crippen LogP contribution in [0.5, 0.6) is 0 Å². The number of para-hydroxylation sites is 6. The molecule has 114 heavy (non-hydrogen) atoms. The molecule has 12 aromatic carbocycles. The summed E-state index contributed by atoms with van der Waals surface area (Å²) in [5, 5.41) is 7.70. The van der Waals surface area contributed by atoms with Crippen molar-refractivity contribution in [3.8, 4) is 45.0 Å². The van der Waals surface area contributed by atoms with Gasteiger partial charge in [-0.05, 0) is 260 Å². The van der Waals surface area contributed by atoms with E-state index in [2.05, 4.69) is 373 Å². The zero-order chi connectivity index (χ0) is 74.6. The van der Waals surface area contributed by atoms with Crippen molar-refractivity contribution < 1.29 is 0 Å². The van der Waals surface area contributed by atoms with Crippen molar-refractivity contribution in [2.45, 2.75) is 44.4 Å². The van der Waals surface area contributed by atoms with E-state index in [9.17, 15) is 0 Å². The number of hydrogen-bond acceptors (Lipinski definition) is 2. The topological polar surface area (TPSA) is 35.6 Å². The molecular weight excluding hydrogens is 1380 g/mol. The Hall–Kier alpha value is -13.3. The van der Waals surface area contributed by atoms with Gasteiger partial charge in [0, 0.05) is 52.4 Å². The van der Waals surface area contributed by atoms with E-state index in [4.69, 9.17) is 9.97 Å². The summed E-state index contributed by atoms with van der Waals surface area (Å²) < 4.78 is 4.63. The molecule has 14 aromatic rings. The van der Waals surface area contributed by atoms with Crippen molar-refractivity contribution in [2.75, 3.05) is 0 Å². The third kappa shape index (κ3) is 10.4. The first-order chi connectivity index (χ1) is 56.5. The lowest BCUT2D eigenvalue weighted by molar-refractivity contribution is 0.369. The summed E-state index contributed by atoms with van der Waals surface area (Å²) in [5.74, 6) is 4.63. The average molecular weight is 1460 g/mol. The van der Waals surface area contributed by atoms with Crippen molar-refractivity contribution >= 4 is 89.3 Å². The van der Waals surface area contributed by atoms with Crippen molar-refractivity contribution in [3.63, 3.8) is 0 Å². The second kappa shape index (κ2) is 26.2. The molecule has 4 nitrogen and oxygen atoms in total. The van der Waals surface area contributed by atoms with Crippen LogP contribution in [0.4, 0.5) is 0 Å². The molecule has 0 aliphatic heterocycles. The molecule has 0 amide bonds. The van der Waals surface area contributed by atoms with Gasteiger partial charge in [-0.3, -0.25) is 9.13 Å². The quantitative estimate of drug-likeness (QED) is 0.0820. The fraction of sp³-hybridized carbons (Fsp3) is 0.127. The van der Waals surface area contributed by atoms with Gasteiger partial charge in [0.25, 0.3) is 0 Å². The predicted octanol–water partition coefficient (Wildman–Crippen LogP) is 27.0. The Bertz CT molecular complexity index is 6990. The second-order valence-electron chi connectivity index (χ2n) is 33.0. The minimum absolute atomic E-state index is 0.173. The smallest absolute Gasteiger partial charge is 0.145 e. The maximum Gasteiger partial charge on any atom is 0.145 e. The summed E-state index contributed by atoms with van der Waals surface area (Å²) in [6, 6.07) is 91.8. The molecule has 2 heterocycles. The van der Waals surface area contributed by atoms with Crippen LogP contribution in [-0.2, 0) is 12.8 Å². The number of fused-ring (bicyclic) bond motifs is 18. The molecule has 540 valence electrons. The Morgan fingerprint density at radius 1 is 0.368 bits per heavy atom. The summed E-state index contributed by atoms with van der Waals surface area (Å²) >= 11 is 0. The van der Waals surface area contributed by atoms with Gasteiger partial charge in [0.15, 0.2) is 0 Å². The molecule has 0 saturated heterocycles. The molecule has 10 aliphatic rings. The number of imidazole rings is 2. The molecule has 0 N–H and O–H groups in total. The lowest BCUT2D eigenvalue weighted by Gasteiger charge is -2.44. The first-order valence-electron chi connectivity index (χ1n) is 41.2. The van der Waals surface area contributed by atoms with Crippen LogP contribution in [0, 0.1) is 41.4 Å². The van der Waals surface area contributed by atoms with Gasteiger partial charge in [0.05, 0.1) is 22.1 Å². The number of rotatable bonds is 9. The maximum atomic E-state index is 5.24. The number of allylic oxidation sites excluding steroid dienone is 25. The molecule has 8 unspecified atom stereocenters. The van der Waals surface area contributed by atoms with E-state index in [1.54, 1.807) is 0 Å². The average Bonchev–Trinajstić information content (AvgIpc) is 1.11. The number of benzene rings is 12. The third-order valence-electron chi connectivity index (χ3n) is 27.1. The molecule has 8 atom stereocenters. The minimum Gasteiger partial charge on any atom is -0.296 e. The summed E-state index contributed by atoms with van der Waals surface area (Å²) in [6.07, 6.45) is 53.7. The van der Waals surface area contributed by atoms with Gasteiger partial charge < -0.3 is 0 Å². The Labute approximate surface area is 664 Å². The maximum absolute atomic E-state index is 5.24. The Balaban J connectivity index is 0.484. The van der Waals surface area contributed by atoms with Crippen LogP contribution in [0.25, 0.3) is 134 Å². The van der Waals surface area contributed by atoms with Crippen molar-refractivity contribution in [1.29, 1.82) is 0 Å². The van der Waals surface area contributed by atoms with Crippen LogP contribution in [0.1, 0.15) is 81.9 Å². The van der Waals surface area contributed by atoms with Gasteiger partial charge in [-0.2, -0.15) is 0 Å². The zero-order valence-corrected chi connectivity index (χ0v) is 63.3. The Morgan fingerprint density at radius 3 is 1.81 bits per heavy atom. The van der Waals surface area contributed by atoms with Gasteiger partial charge in [0.2, 0.25) is 0 Å². The van der Waals surface area contributed by atoms with Gasteiger partial charge in [0.1, 0.15) is 11.6 Å². The largest absolute Gasteiger partial charge is 0.296 e. The zero-order valence-electron chi connectivity index (χ0n) is 63.3. The van der Waals surface area contributed by atoms with Gasteiger partial charge >= 0.3 is 0 Å². The van der Waals surface area contributed by atoms with E-state index in [1.165, 1.54) is 156 Å². The van der Waals surface area contributed by atoms with E-state index < -0.39 is 0 Å². The highest BCUT2D eigenvalue weighted by Gasteiger charge is 2.43. The number of hydrogen-bond donors (Lipinski definition) is 0. The lowest BCUT2D eigenvalue weighted by Crippen LogP contribution is -2.32. The Kier molecular flexibility index (Phi) is 15.0. The molecule has 0 fully saturated rings. The van der Waals surface area contributed by atoms with Crippen molar-refractivity contribution in [2.24, 2.45) is 41.4 Å². The van der Waals surface area contributed by atoms with Crippen LogP contribution in [0.15, 0.2) is 379 Å². The molecular formula is C110H80N4. The Morgan fingerprint density at radius 2 is 0.991 bits per heavy atom. The first-order valence-corrected chi connectivity index (χ1v) is 41.2. The highest BCUT2D eigenvalue weighted by Crippen LogP contribution is 2.56. The van der Waals surface area contributed by atoms with Crippen molar-refractivity contribution in [1.82, 2.24) is 19.1 Å². The molecule has 10 aliphatic carbocycles. The molecule has 0 spiro atoms. The summed E-state index contributed by atoms with van der Waals surface area (Å²) in [7, 11) is 0. The van der Waals surface area contributed by atoms with Crippen LogP contribution in [0.3, 0.4) is 0 Å². The third-order valence-corrected chi connectivity index (χ3v) is 27.1. The van der Waals surface area contributed by atoms with E-state index in [-0.39, 0.29) is 17.8 Å². The fourth-order valence-corrected chi connectivity index (χ4v) is 21.8. The number of aromatic nitrogens is 4. The standard InChI is InChI=1S/C110H80N4/c1-3-23-79(24-4-1)113-107-41-9-7-39-105(107)111-109(113)69-47-43-67(44-48-69)81-27-11-19-71-59-101-75(63-97(71)81)51-57-95-85(33-17-37-91(95)101)87-29-13-21-73-61-103-77(65-99(73)87)53-55-93-83(31-15-35-89(93)103)84-32-16-36-90-94(84)56-54-78-66-100-74(62-104(78)90)22-14-30-88(100)86-34-18-38-92-96(86)58-52-76-64-98-72(60-102(76)92)20-12-28-82(98)68-45-49-70(50-46-68)110-112-106-40-8-10-42-108(106)114(110)80-25-5-2-6-26-80/h1-13,15-21,23-47,49-61,64,66,69,74-75,77,83,90,93,104H,14,22,48,62-63,65H2. The van der Waals surface area contributed by atoms with Crippen LogP contribution < -0.4 is 0 Å². The van der Waals surface area contributed by atoms with Crippen LogP contribution in [-0.4, -0.2) is 19.1 Å². The van der Waals surface area contributed by atoms with Gasteiger partial charge in [-0.1, -0.05) is 304 Å². The fourth-order valence-electron chi connectivity index (χ4n) is 21.8. The van der Waals surface area contributed by atoms with Gasteiger partial charge in [-0.15, -0.1) is 0 Å². The van der Waals surface area contributed by atoms with Crippen molar-refractivity contribution in [3.05, 3.63) is 430 Å². The predicted molar refractivity (Wildman–Crippen MR) is 475 cm³/mol. The van der Waals surface area contributed by atoms with Gasteiger partial charge in [-0.25, -0.2) is 9.97 Å². The highest BCUT2D eigenvalue weighted by molar-refractivity contribution is 6.16. The highest BCUT2D eigenvalue weighted by atomic mass is 15.1.